The van der Waals surface area contributed by atoms with E-state index in [4.69, 9.17) is 0 Å². The second kappa shape index (κ2) is 9.17. The van der Waals surface area contributed by atoms with Gasteiger partial charge in [-0.15, -0.1) is 0 Å². The molecule has 1 aromatic carbocycles. The van der Waals surface area contributed by atoms with Crippen molar-refractivity contribution in [1.29, 1.82) is 0 Å². The largest absolute Gasteiger partial charge is 0.344 e. The Kier molecular flexibility index (Phi) is 7.58. The highest BCUT2D eigenvalue weighted by Crippen LogP contribution is 2.10. The second-order valence-corrected chi connectivity index (χ2v) is 6.65. The Balaban J connectivity index is 2.64. The summed E-state index contributed by atoms with van der Waals surface area (Å²) in [5.41, 5.74) is 1.04. The van der Waals surface area contributed by atoms with Crippen molar-refractivity contribution in [3.8, 4) is 0 Å². The van der Waals surface area contributed by atoms with Gasteiger partial charge in [-0.05, 0) is 57.6 Å². The van der Waals surface area contributed by atoms with Gasteiger partial charge >= 0.3 is 11.8 Å². The smallest absolute Gasteiger partial charge is 0.313 e. The van der Waals surface area contributed by atoms with Crippen LogP contribution in [0.25, 0.3) is 0 Å². The van der Waals surface area contributed by atoms with E-state index in [1.165, 1.54) is 6.92 Å². The predicted molar refractivity (Wildman–Crippen MR) is 95.0 cm³/mol. The quantitative estimate of drug-likeness (QED) is 0.590. The molecule has 0 saturated carbocycles. The fourth-order valence-corrected chi connectivity index (χ4v) is 2.42. The van der Waals surface area contributed by atoms with Crippen LogP contribution in [0, 0.1) is 5.92 Å². The molecule has 1 aromatic rings. The van der Waals surface area contributed by atoms with Gasteiger partial charge in [-0.3, -0.25) is 14.4 Å². The number of likely N-dealkylation sites (N-methyl/N-ethyl adjacent to an activating group) is 1. The fourth-order valence-electron chi connectivity index (χ4n) is 2.42. The zero-order valence-electron chi connectivity index (χ0n) is 15.1. The van der Waals surface area contributed by atoms with Gasteiger partial charge in [0.25, 0.3) is 0 Å². The van der Waals surface area contributed by atoms with Crippen LogP contribution in [0.15, 0.2) is 24.3 Å². The van der Waals surface area contributed by atoms with Crippen molar-refractivity contribution in [3.05, 3.63) is 29.8 Å². The summed E-state index contributed by atoms with van der Waals surface area (Å²) in [4.78, 5) is 37.3. The third kappa shape index (κ3) is 6.91. The molecule has 0 unspecified atom stereocenters. The second-order valence-electron chi connectivity index (χ2n) is 6.65. The summed E-state index contributed by atoms with van der Waals surface area (Å²) in [5, 5.41) is 5.33. The molecule has 132 valence electrons. The predicted octanol–water partition coefficient (Wildman–Crippen LogP) is 1.92. The maximum absolute atomic E-state index is 12.1. The molecule has 0 bridgehead atoms. The first-order chi connectivity index (χ1) is 11.2. The molecule has 0 saturated heterocycles. The van der Waals surface area contributed by atoms with Crippen molar-refractivity contribution in [1.82, 2.24) is 10.2 Å². The van der Waals surface area contributed by atoms with Crippen molar-refractivity contribution < 1.29 is 14.4 Å². The molecule has 0 spiro atoms. The van der Waals surface area contributed by atoms with Crippen molar-refractivity contribution in [3.63, 3.8) is 0 Å². The van der Waals surface area contributed by atoms with E-state index in [0.717, 1.165) is 6.42 Å². The van der Waals surface area contributed by atoms with E-state index >= 15 is 0 Å². The van der Waals surface area contributed by atoms with E-state index in [1.54, 1.807) is 24.3 Å². The monoisotopic (exact) mass is 333 g/mol. The number of anilines is 1. The lowest BCUT2D eigenvalue weighted by atomic mass is 10.0. The zero-order chi connectivity index (χ0) is 18.3. The Morgan fingerprint density at radius 3 is 2.08 bits per heavy atom. The third-order valence-electron chi connectivity index (χ3n) is 3.43. The van der Waals surface area contributed by atoms with Crippen molar-refractivity contribution >= 4 is 23.3 Å². The highest BCUT2D eigenvalue weighted by molar-refractivity contribution is 6.39. The summed E-state index contributed by atoms with van der Waals surface area (Å²) in [6, 6.07) is 6.35. The molecule has 2 amide bonds. The number of hydrogen-bond donors (Lipinski definition) is 2. The molecular weight excluding hydrogens is 306 g/mol. The molecule has 0 aliphatic rings. The molecule has 6 nitrogen and oxygen atoms in total. The van der Waals surface area contributed by atoms with Crippen LogP contribution in [-0.2, 0) is 9.59 Å². The lowest BCUT2D eigenvalue weighted by molar-refractivity contribution is -0.136. The zero-order valence-corrected chi connectivity index (χ0v) is 15.1. The first-order valence-corrected chi connectivity index (χ1v) is 8.06. The molecule has 6 heteroatoms. The van der Waals surface area contributed by atoms with Gasteiger partial charge < -0.3 is 15.5 Å². The number of hydrogen-bond acceptors (Lipinski definition) is 4. The number of amides is 2. The van der Waals surface area contributed by atoms with Crippen molar-refractivity contribution in [2.75, 3.05) is 26.0 Å². The van der Waals surface area contributed by atoms with Crippen LogP contribution in [0.2, 0.25) is 0 Å². The van der Waals surface area contributed by atoms with Gasteiger partial charge in [0.2, 0.25) is 0 Å². The Labute approximate surface area is 143 Å². The van der Waals surface area contributed by atoms with E-state index in [-0.39, 0.29) is 11.8 Å². The summed E-state index contributed by atoms with van der Waals surface area (Å²) in [5.74, 6) is -1.00. The van der Waals surface area contributed by atoms with Gasteiger partial charge in [-0.25, -0.2) is 0 Å². The van der Waals surface area contributed by atoms with Gasteiger partial charge in [0, 0.05) is 23.8 Å². The molecular formula is C18H27N3O3. The van der Waals surface area contributed by atoms with Crippen LogP contribution in [0.1, 0.15) is 37.6 Å². The lowest BCUT2D eigenvalue weighted by Gasteiger charge is -2.23. The number of nitrogens with zero attached hydrogens (tertiary/aromatic N) is 1. The Bertz CT molecular complexity index is 570. The first kappa shape index (κ1) is 19.8. The summed E-state index contributed by atoms with van der Waals surface area (Å²) in [6.45, 7) is 6.29. The van der Waals surface area contributed by atoms with Crippen LogP contribution in [0.5, 0.6) is 0 Å². The van der Waals surface area contributed by atoms with Crippen molar-refractivity contribution in [2.45, 2.75) is 33.2 Å². The van der Waals surface area contributed by atoms with Crippen LogP contribution in [0.4, 0.5) is 5.69 Å². The maximum atomic E-state index is 12.1. The minimum Gasteiger partial charge on any atom is -0.344 e. The van der Waals surface area contributed by atoms with Crippen LogP contribution >= 0.6 is 0 Å². The van der Waals surface area contributed by atoms with Gasteiger partial charge in [-0.2, -0.15) is 0 Å². The number of carbonyl (C=O) groups is 3. The summed E-state index contributed by atoms with van der Waals surface area (Å²) < 4.78 is 0. The molecule has 0 aromatic heterocycles. The molecule has 0 heterocycles. The standard InChI is InChI=1S/C18H27N3O3/c1-12(2)10-16(11-21(4)5)20-18(24)17(23)19-15-8-6-14(7-9-15)13(3)22/h6-9,12,16H,10-11H2,1-5H3,(H,19,23)(H,20,24)/t16-/m1/s1. The summed E-state index contributed by atoms with van der Waals surface area (Å²) >= 11 is 0. The summed E-state index contributed by atoms with van der Waals surface area (Å²) in [7, 11) is 3.85. The number of Topliss-reactive ketones (excluding diaryl/α,β-unsaturated/α-hetero) is 1. The van der Waals surface area contributed by atoms with Gasteiger partial charge in [0.1, 0.15) is 0 Å². The highest BCUT2D eigenvalue weighted by Gasteiger charge is 2.20. The average Bonchev–Trinajstić information content (AvgIpc) is 2.46. The molecule has 0 aliphatic carbocycles. The van der Waals surface area contributed by atoms with Crippen LogP contribution in [-0.4, -0.2) is 49.2 Å². The van der Waals surface area contributed by atoms with Gasteiger partial charge in [0.15, 0.2) is 5.78 Å². The van der Waals surface area contributed by atoms with Crippen molar-refractivity contribution in [2.24, 2.45) is 5.92 Å². The SMILES string of the molecule is CC(=O)c1ccc(NC(=O)C(=O)N[C@H](CC(C)C)CN(C)C)cc1. The molecule has 2 N–H and O–H groups in total. The van der Waals surface area contributed by atoms with Gasteiger partial charge in [0.05, 0.1) is 0 Å². The number of nitrogens with one attached hydrogen (secondary N) is 2. The topological polar surface area (TPSA) is 78.5 Å². The Morgan fingerprint density at radius 1 is 1.04 bits per heavy atom. The van der Waals surface area contributed by atoms with Crippen LogP contribution < -0.4 is 10.6 Å². The average molecular weight is 333 g/mol. The van der Waals surface area contributed by atoms with E-state index in [0.29, 0.717) is 23.7 Å². The van der Waals surface area contributed by atoms with E-state index in [2.05, 4.69) is 24.5 Å². The minimum atomic E-state index is -0.710. The van der Waals surface area contributed by atoms with Gasteiger partial charge in [-0.1, -0.05) is 13.8 Å². The highest BCUT2D eigenvalue weighted by atomic mass is 16.2. The summed E-state index contributed by atoms with van der Waals surface area (Å²) in [6.07, 6.45) is 0.796. The lowest BCUT2D eigenvalue weighted by Crippen LogP contribution is -2.46. The number of rotatable bonds is 7. The number of benzene rings is 1. The Hall–Kier alpha value is -2.21. The molecule has 1 atom stereocenters. The molecule has 24 heavy (non-hydrogen) atoms. The minimum absolute atomic E-state index is 0.0502. The van der Waals surface area contributed by atoms with Crippen LogP contribution in [0.3, 0.4) is 0 Å². The third-order valence-corrected chi connectivity index (χ3v) is 3.43. The molecule has 1 rings (SSSR count). The first-order valence-electron chi connectivity index (χ1n) is 8.06. The van der Waals surface area contributed by atoms with E-state index < -0.39 is 11.8 Å². The fraction of sp³-hybridized carbons (Fsp3) is 0.500. The van der Waals surface area contributed by atoms with E-state index in [9.17, 15) is 14.4 Å². The molecule has 0 radical (unpaired) electrons. The molecule has 0 aliphatic heterocycles. The Morgan fingerprint density at radius 2 is 1.62 bits per heavy atom. The molecule has 0 fully saturated rings. The normalized spacial score (nSPS) is 12.1. The maximum Gasteiger partial charge on any atom is 0.313 e. The number of carbonyl (C=O) groups excluding carboxylic acids is 3. The number of ketones is 1. The van der Waals surface area contributed by atoms with E-state index in [1.807, 2.05) is 19.0 Å².